The van der Waals surface area contributed by atoms with Crippen LogP contribution < -0.4 is 0 Å². The summed E-state index contributed by atoms with van der Waals surface area (Å²) < 4.78 is 12.9. The van der Waals surface area contributed by atoms with E-state index in [-0.39, 0.29) is 5.15 Å². The Labute approximate surface area is 97.3 Å². The molecule has 0 aliphatic heterocycles. The lowest BCUT2D eigenvalue weighted by Crippen LogP contribution is -2.00. The zero-order valence-electron chi connectivity index (χ0n) is 8.19. The lowest BCUT2D eigenvalue weighted by atomic mass is 10.0. The Morgan fingerprint density at radius 1 is 1.31 bits per heavy atom. The number of pyridine rings is 1. The van der Waals surface area contributed by atoms with Crippen molar-refractivity contribution in [3.05, 3.63) is 64.7 Å². The first-order chi connectivity index (χ1) is 7.66. The van der Waals surface area contributed by atoms with Crippen LogP contribution in [0.2, 0.25) is 5.15 Å². The Morgan fingerprint density at radius 2 is 2.12 bits per heavy atom. The first kappa shape index (κ1) is 11.0. The molecule has 1 atom stereocenters. The Bertz CT molecular complexity index is 458. The minimum atomic E-state index is -0.924. The molecule has 0 saturated heterocycles. The summed E-state index contributed by atoms with van der Waals surface area (Å²) in [6, 6.07) is 9.77. The summed E-state index contributed by atoms with van der Waals surface area (Å²) in [4.78, 5) is 3.81. The van der Waals surface area contributed by atoms with Crippen LogP contribution in [0.25, 0.3) is 0 Å². The number of aliphatic hydroxyl groups is 1. The minimum Gasteiger partial charge on any atom is -0.384 e. The molecule has 2 rings (SSSR count). The Hall–Kier alpha value is -1.45. The summed E-state index contributed by atoms with van der Waals surface area (Å²) in [5.41, 5.74) is 1.00. The zero-order chi connectivity index (χ0) is 11.5. The van der Waals surface area contributed by atoms with Crippen molar-refractivity contribution in [1.82, 2.24) is 4.98 Å². The van der Waals surface area contributed by atoms with E-state index in [4.69, 9.17) is 11.6 Å². The van der Waals surface area contributed by atoms with Gasteiger partial charge in [-0.1, -0.05) is 11.6 Å². The first-order valence-corrected chi connectivity index (χ1v) is 5.00. The minimum absolute atomic E-state index is 0.289. The third-order valence-electron chi connectivity index (χ3n) is 2.16. The Morgan fingerprint density at radius 3 is 2.81 bits per heavy atom. The highest BCUT2D eigenvalue weighted by Gasteiger charge is 2.11. The summed E-state index contributed by atoms with van der Waals surface area (Å²) >= 11 is 5.70. The van der Waals surface area contributed by atoms with Gasteiger partial charge >= 0.3 is 0 Å². The van der Waals surface area contributed by atoms with Gasteiger partial charge in [-0.05, 0) is 47.5 Å². The average molecular weight is 237 g/mol. The van der Waals surface area contributed by atoms with Crippen LogP contribution in [0.5, 0.6) is 0 Å². The third-order valence-corrected chi connectivity index (χ3v) is 2.36. The predicted octanol–water partition coefficient (Wildman–Crippen LogP) is 2.76. The van der Waals surface area contributed by atoms with Crippen molar-refractivity contribution in [2.75, 3.05) is 0 Å². The highest BCUT2D eigenvalue weighted by molar-refractivity contribution is 6.29. The topological polar surface area (TPSA) is 33.1 Å². The maximum atomic E-state index is 12.9. The molecule has 0 bridgehead atoms. The number of nitrogens with zero attached hydrogens (tertiary/aromatic N) is 1. The molecule has 1 aromatic carbocycles. The van der Waals surface area contributed by atoms with Crippen LogP contribution in [0, 0.1) is 11.9 Å². The molecule has 1 radical (unpaired) electrons. The average Bonchev–Trinajstić information content (AvgIpc) is 2.28. The maximum absolute atomic E-state index is 12.9. The van der Waals surface area contributed by atoms with Crippen molar-refractivity contribution < 1.29 is 9.50 Å². The van der Waals surface area contributed by atoms with E-state index in [1.54, 1.807) is 6.07 Å². The third kappa shape index (κ3) is 2.38. The first-order valence-electron chi connectivity index (χ1n) is 4.63. The van der Waals surface area contributed by atoms with E-state index in [1.807, 2.05) is 0 Å². The van der Waals surface area contributed by atoms with Gasteiger partial charge in [0.25, 0.3) is 0 Å². The van der Waals surface area contributed by atoms with Crippen molar-refractivity contribution in [1.29, 1.82) is 0 Å². The number of aliphatic hydroxyl groups excluding tert-OH is 1. The molecule has 16 heavy (non-hydrogen) atoms. The summed E-state index contributed by atoms with van der Waals surface area (Å²) in [5.74, 6) is -0.434. The number of benzene rings is 1. The SMILES string of the molecule is OC(c1c[c]cc(F)c1)c1ccnc(Cl)c1. The van der Waals surface area contributed by atoms with Gasteiger partial charge in [-0.3, -0.25) is 0 Å². The van der Waals surface area contributed by atoms with E-state index in [9.17, 15) is 9.50 Å². The van der Waals surface area contributed by atoms with Gasteiger partial charge in [-0.2, -0.15) is 0 Å². The molecule has 1 unspecified atom stereocenters. The summed E-state index contributed by atoms with van der Waals surface area (Å²) in [7, 11) is 0. The van der Waals surface area contributed by atoms with Crippen molar-refractivity contribution in [3.63, 3.8) is 0 Å². The van der Waals surface area contributed by atoms with E-state index in [0.29, 0.717) is 11.1 Å². The van der Waals surface area contributed by atoms with E-state index < -0.39 is 11.9 Å². The highest BCUT2D eigenvalue weighted by atomic mass is 35.5. The molecule has 4 heteroatoms. The van der Waals surface area contributed by atoms with Crippen LogP contribution in [0.1, 0.15) is 17.2 Å². The molecule has 0 aliphatic carbocycles. The maximum Gasteiger partial charge on any atom is 0.129 e. The predicted molar refractivity (Wildman–Crippen MR) is 58.5 cm³/mol. The molecule has 0 saturated carbocycles. The smallest absolute Gasteiger partial charge is 0.129 e. The van der Waals surface area contributed by atoms with Gasteiger partial charge in [0.05, 0.1) is 0 Å². The van der Waals surface area contributed by atoms with E-state index in [1.165, 1.54) is 30.5 Å². The summed E-state index contributed by atoms with van der Waals surface area (Å²) in [5, 5.41) is 10.3. The van der Waals surface area contributed by atoms with Gasteiger partial charge in [0.1, 0.15) is 17.1 Å². The van der Waals surface area contributed by atoms with Crippen LogP contribution >= 0.6 is 11.6 Å². The summed E-state index contributed by atoms with van der Waals surface area (Å²) in [6.45, 7) is 0. The van der Waals surface area contributed by atoms with Crippen LogP contribution in [-0.2, 0) is 0 Å². The standard InChI is InChI=1S/C12H8ClFNO/c13-11-7-9(4-5-15-11)12(16)8-2-1-3-10(14)6-8/h2-7,12,16H. The fraction of sp³-hybridized carbons (Fsp3) is 0.0833. The number of aromatic nitrogens is 1. The van der Waals surface area contributed by atoms with E-state index in [0.717, 1.165) is 0 Å². The van der Waals surface area contributed by atoms with Gasteiger partial charge in [-0.25, -0.2) is 9.37 Å². The van der Waals surface area contributed by atoms with Gasteiger partial charge < -0.3 is 5.11 Å². The molecule has 2 nitrogen and oxygen atoms in total. The second kappa shape index (κ2) is 4.60. The largest absolute Gasteiger partial charge is 0.384 e. The van der Waals surface area contributed by atoms with Gasteiger partial charge in [0.2, 0.25) is 0 Å². The van der Waals surface area contributed by atoms with Gasteiger partial charge in [0, 0.05) is 6.20 Å². The van der Waals surface area contributed by atoms with Crippen LogP contribution in [0.15, 0.2) is 36.5 Å². The van der Waals surface area contributed by atoms with Crippen molar-refractivity contribution in [3.8, 4) is 0 Å². The van der Waals surface area contributed by atoms with Crippen molar-refractivity contribution in [2.45, 2.75) is 6.10 Å². The lowest BCUT2D eigenvalue weighted by Gasteiger charge is -2.11. The van der Waals surface area contributed by atoms with Crippen molar-refractivity contribution in [2.24, 2.45) is 0 Å². The van der Waals surface area contributed by atoms with Crippen LogP contribution in [0.4, 0.5) is 4.39 Å². The quantitative estimate of drug-likeness (QED) is 0.814. The second-order valence-electron chi connectivity index (χ2n) is 3.30. The van der Waals surface area contributed by atoms with E-state index >= 15 is 0 Å². The molecular formula is C12H8ClFNO. The normalized spacial score (nSPS) is 12.4. The van der Waals surface area contributed by atoms with Gasteiger partial charge in [-0.15, -0.1) is 0 Å². The molecule has 2 aromatic rings. The highest BCUT2D eigenvalue weighted by Crippen LogP contribution is 2.23. The van der Waals surface area contributed by atoms with Crippen molar-refractivity contribution >= 4 is 11.6 Å². The number of rotatable bonds is 2. The number of hydrogen-bond donors (Lipinski definition) is 1. The molecule has 0 fully saturated rings. The fourth-order valence-electron chi connectivity index (χ4n) is 1.40. The molecule has 1 heterocycles. The summed E-state index contributed by atoms with van der Waals surface area (Å²) in [6.07, 6.45) is 0.566. The molecule has 0 aliphatic rings. The fourth-order valence-corrected chi connectivity index (χ4v) is 1.58. The zero-order valence-corrected chi connectivity index (χ0v) is 8.95. The number of halogens is 2. The number of hydrogen-bond acceptors (Lipinski definition) is 2. The molecule has 1 aromatic heterocycles. The lowest BCUT2D eigenvalue weighted by molar-refractivity contribution is 0.219. The van der Waals surface area contributed by atoms with Crippen LogP contribution in [-0.4, -0.2) is 10.1 Å². The molecule has 0 amide bonds. The van der Waals surface area contributed by atoms with Crippen LogP contribution in [0.3, 0.4) is 0 Å². The molecule has 0 spiro atoms. The molecule has 1 N–H and O–H groups in total. The second-order valence-corrected chi connectivity index (χ2v) is 3.69. The van der Waals surface area contributed by atoms with E-state index in [2.05, 4.69) is 11.1 Å². The molecule has 81 valence electrons. The monoisotopic (exact) mass is 236 g/mol. The Balaban J connectivity index is 2.35. The Kier molecular flexibility index (Phi) is 3.17. The van der Waals surface area contributed by atoms with Gasteiger partial charge in [0.15, 0.2) is 0 Å². The molecular weight excluding hydrogens is 229 g/mol.